The number of aromatic nitrogens is 2. The first-order chi connectivity index (χ1) is 12.0. The molecule has 1 aromatic heterocycles. The summed E-state index contributed by atoms with van der Waals surface area (Å²) in [6.45, 7) is 6.63. The van der Waals surface area contributed by atoms with Crippen molar-refractivity contribution in [1.29, 1.82) is 0 Å². The van der Waals surface area contributed by atoms with Gasteiger partial charge in [0.15, 0.2) is 0 Å². The first-order valence-corrected chi connectivity index (χ1v) is 8.69. The van der Waals surface area contributed by atoms with Crippen LogP contribution in [0.1, 0.15) is 24.6 Å². The van der Waals surface area contributed by atoms with Gasteiger partial charge >= 0.3 is 0 Å². The van der Waals surface area contributed by atoms with E-state index in [9.17, 15) is 9.59 Å². The number of aryl methyl sites for hydroxylation is 2. The van der Waals surface area contributed by atoms with Crippen LogP contribution < -0.4 is 10.5 Å². The number of hydrogen-bond acceptors (Lipinski definition) is 4. The number of rotatable bonds is 4. The van der Waals surface area contributed by atoms with Gasteiger partial charge in [-0.3, -0.25) is 9.59 Å². The highest BCUT2D eigenvalue weighted by molar-refractivity contribution is 5.77. The summed E-state index contributed by atoms with van der Waals surface area (Å²) in [6.07, 6.45) is 0.952. The Morgan fingerprint density at radius 2 is 2.04 bits per heavy atom. The average molecular weight is 340 g/mol. The van der Waals surface area contributed by atoms with Crippen LogP contribution in [-0.4, -0.2) is 46.7 Å². The lowest BCUT2D eigenvalue weighted by molar-refractivity contribution is -0.133. The number of carbonyl (C=O) groups is 1. The van der Waals surface area contributed by atoms with Crippen molar-refractivity contribution < 1.29 is 4.79 Å². The second-order valence-electron chi connectivity index (χ2n) is 6.58. The highest BCUT2D eigenvalue weighted by Gasteiger charge is 2.27. The van der Waals surface area contributed by atoms with Crippen molar-refractivity contribution in [3.05, 3.63) is 58.0 Å². The van der Waals surface area contributed by atoms with Gasteiger partial charge in [-0.15, -0.1) is 0 Å². The molecule has 6 nitrogen and oxygen atoms in total. The van der Waals surface area contributed by atoms with Gasteiger partial charge in [0.2, 0.25) is 5.91 Å². The molecule has 1 atom stereocenters. The monoisotopic (exact) mass is 340 g/mol. The van der Waals surface area contributed by atoms with Gasteiger partial charge in [0, 0.05) is 50.3 Å². The minimum Gasteiger partial charge on any atom is -0.367 e. The number of piperazine rings is 1. The van der Waals surface area contributed by atoms with E-state index in [2.05, 4.69) is 47.1 Å². The van der Waals surface area contributed by atoms with Crippen LogP contribution in [0.5, 0.6) is 0 Å². The van der Waals surface area contributed by atoms with E-state index in [1.165, 1.54) is 17.3 Å². The molecule has 1 amide bonds. The minimum atomic E-state index is -0.226. The van der Waals surface area contributed by atoms with Gasteiger partial charge in [-0.25, -0.2) is 5.10 Å². The van der Waals surface area contributed by atoms with Crippen LogP contribution >= 0.6 is 0 Å². The molecule has 2 aromatic rings. The van der Waals surface area contributed by atoms with Gasteiger partial charge in [-0.2, -0.15) is 5.10 Å². The number of hydrogen-bond donors (Lipinski definition) is 1. The Kier molecular flexibility index (Phi) is 5.16. The molecule has 0 radical (unpaired) electrons. The number of anilines is 1. The molecule has 0 aliphatic carbocycles. The standard InChI is InChI=1S/C19H24N4O2/c1-14-5-3-4-6-17(14)22-11-12-23(15(2)13-22)19(25)10-8-16-7-9-18(24)21-20-16/h3-7,9,15H,8,10-13H2,1-2H3,(H,21,24)/t15-/m1/s1. The van der Waals surface area contributed by atoms with E-state index in [4.69, 9.17) is 0 Å². The van der Waals surface area contributed by atoms with E-state index >= 15 is 0 Å². The lowest BCUT2D eigenvalue weighted by atomic mass is 10.1. The summed E-state index contributed by atoms with van der Waals surface area (Å²) >= 11 is 0. The molecule has 0 unspecified atom stereocenters. The molecular formula is C19H24N4O2. The first-order valence-electron chi connectivity index (χ1n) is 8.69. The maximum atomic E-state index is 12.6. The van der Waals surface area contributed by atoms with Gasteiger partial charge in [-0.05, 0) is 31.5 Å². The molecule has 1 aromatic carbocycles. The summed E-state index contributed by atoms with van der Waals surface area (Å²) in [4.78, 5) is 27.9. The number of carbonyl (C=O) groups excluding carboxylic acids is 1. The molecule has 1 fully saturated rings. The van der Waals surface area contributed by atoms with E-state index in [0.29, 0.717) is 12.8 Å². The Hall–Kier alpha value is -2.63. The molecule has 0 bridgehead atoms. The largest absolute Gasteiger partial charge is 0.367 e. The van der Waals surface area contributed by atoms with Crippen molar-refractivity contribution in [1.82, 2.24) is 15.1 Å². The van der Waals surface area contributed by atoms with E-state index in [-0.39, 0.29) is 17.5 Å². The fraction of sp³-hybridized carbons (Fsp3) is 0.421. The van der Waals surface area contributed by atoms with Crippen molar-refractivity contribution in [2.45, 2.75) is 32.7 Å². The third-order valence-electron chi connectivity index (χ3n) is 4.74. The Labute approximate surface area is 147 Å². The lowest BCUT2D eigenvalue weighted by Crippen LogP contribution is -2.54. The molecule has 6 heteroatoms. The van der Waals surface area contributed by atoms with Crippen LogP contribution in [0.4, 0.5) is 5.69 Å². The van der Waals surface area contributed by atoms with Crippen molar-refractivity contribution in [3.8, 4) is 0 Å². The zero-order valence-electron chi connectivity index (χ0n) is 14.7. The zero-order chi connectivity index (χ0) is 17.8. The van der Waals surface area contributed by atoms with E-state index in [1.54, 1.807) is 6.07 Å². The minimum absolute atomic E-state index is 0.143. The Morgan fingerprint density at radius 3 is 2.72 bits per heavy atom. The molecule has 0 spiro atoms. The summed E-state index contributed by atoms with van der Waals surface area (Å²) in [5.41, 5.74) is 3.02. The van der Waals surface area contributed by atoms with Crippen LogP contribution in [0.25, 0.3) is 0 Å². The van der Waals surface area contributed by atoms with Crippen molar-refractivity contribution in [2.24, 2.45) is 0 Å². The van der Waals surface area contributed by atoms with Gasteiger partial charge in [0.05, 0.1) is 5.69 Å². The van der Waals surface area contributed by atoms with Gasteiger partial charge in [0.1, 0.15) is 0 Å². The van der Waals surface area contributed by atoms with E-state index in [0.717, 1.165) is 25.3 Å². The van der Waals surface area contributed by atoms with Crippen LogP contribution in [-0.2, 0) is 11.2 Å². The fourth-order valence-electron chi connectivity index (χ4n) is 3.36. The predicted molar refractivity (Wildman–Crippen MR) is 97.7 cm³/mol. The highest BCUT2D eigenvalue weighted by Crippen LogP contribution is 2.23. The molecule has 0 saturated carbocycles. The Bertz CT molecular complexity index is 782. The third-order valence-corrected chi connectivity index (χ3v) is 4.74. The molecule has 1 aliphatic heterocycles. The zero-order valence-corrected chi connectivity index (χ0v) is 14.7. The second kappa shape index (κ2) is 7.51. The van der Waals surface area contributed by atoms with E-state index in [1.807, 2.05) is 11.0 Å². The number of aromatic amines is 1. The summed E-state index contributed by atoms with van der Waals surface area (Å²) < 4.78 is 0. The van der Waals surface area contributed by atoms with Crippen LogP contribution in [0.2, 0.25) is 0 Å². The smallest absolute Gasteiger partial charge is 0.264 e. The fourth-order valence-corrected chi connectivity index (χ4v) is 3.36. The summed E-state index contributed by atoms with van der Waals surface area (Å²) in [6, 6.07) is 11.6. The predicted octanol–water partition coefficient (Wildman–Crippen LogP) is 1.75. The molecule has 2 heterocycles. The number of amides is 1. The number of para-hydroxylation sites is 1. The second-order valence-corrected chi connectivity index (χ2v) is 6.58. The summed E-state index contributed by atoms with van der Waals surface area (Å²) in [5, 5.41) is 6.36. The lowest BCUT2D eigenvalue weighted by Gasteiger charge is -2.41. The maximum absolute atomic E-state index is 12.6. The van der Waals surface area contributed by atoms with Crippen LogP contribution in [0.3, 0.4) is 0 Å². The molecule has 25 heavy (non-hydrogen) atoms. The third kappa shape index (κ3) is 4.07. The van der Waals surface area contributed by atoms with E-state index < -0.39 is 0 Å². The van der Waals surface area contributed by atoms with Gasteiger partial charge in [-0.1, -0.05) is 18.2 Å². The van der Waals surface area contributed by atoms with Crippen molar-refractivity contribution in [3.63, 3.8) is 0 Å². The number of benzene rings is 1. The SMILES string of the molecule is Cc1ccccc1N1CCN(C(=O)CCc2ccc(=O)[nH]n2)[C@H](C)C1. The van der Waals surface area contributed by atoms with Gasteiger partial charge in [0.25, 0.3) is 5.56 Å². The maximum Gasteiger partial charge on any atom is 0.264 e. The molecule has 1 aliphatic rings. The number of nitrogens with zero attached hydrogens (tertiary/aromatic N) is 3. The van der Waals surface area contributed by atoms with Crippen LogP contribution in [0, 0.1) is 6.92 Å². The average Bonchev–Trinajstić information content (AvgIpc) is 2.61. The van der Waals surface area contributed by atoms with Crippen molar-refractivity contribution >= 4 is 11.6 Å². The molecule has 132 valence electrons. The molecule has 1 N–H and O–H groups in total. The van der Waals surface area contributed by atoms with Gasteiger partial charge < -0.3 is 9.80 Å². The normalized spacial score (nSPS) is 17.6. The highest BCUT2D eigenvalue weighted by atomic mass is 16.2. The van der Waals surface area contributed by atoms with Crippen LogP contribution in [0.15, 0.2) is 41.2 Å². The molecule has 3 rings (SSSR count). The first kappa shape index (κ1) is 17.2. The quantitative estimate of drug-likeness (QED) is 0.921. The number of nitrogens with one attached hydrogen (secondary N) is 1. The Balaban J connectivity index is 1.57. The molecular weight excluding hydrogens is 316 g/mol. The topological polar surface area (TPSA) is 69.3 Å². The number of H-pyrrole nitrogens is 1. The molecule has 1 saturated heterocycles. The van der Waals surface area contributed by atoms with Crippen molar-refractivity contribution in [2.75, 3.05) is 24.5 Å². The Morgan fingerprint density at radius 1 is 1.24 bits per heavy atom. The summed E-state index contributed by atoms with van der Waals surface area (Å²) in [7, 11) is 0. The summed E-state index contributed by atoms with van der Waals surface area (Å²) in [5.74, 6) is 0.143.